The summed E-state index contributed by atoms with van der Waals surface area (Å²) >= 11 is 0. The van der Waals surface area contributed by atoms with E-state index in [4.69, 9.17) is 0 Å². The lowest BCUT2D eigenvalue weighted by molar-refractivity contribution is 0.0950. The molecule has 0 saturated heterocycles. The third-order valence-electron chi connectivity index (χ3n) is 5.19. The van der Waals surface area contributed by atoms with Gasteiger partial charge in [-0.3, -0.25) is 14.6 Å². The number of anilines is 2. The fourth-order valence-electron chi connectivity index (χ4n) is 3.37. The minimum atomic E-state index is -0.214. The Hall–Kier alpha value is -3.67. The zero-order chi connectivity index (χ0) is 22.9. The molecule has 0 aliphatic carbocycles. The van der Waals surface area contributed by atoms with Crippen molar-refractivity contribution in [3.05, 3.63) is 89.2 Å². The minimum Gasteiger partial charge on any atom is -0.377 e. The molecule has 2 N–H and O–H groups in total. The number of benzene rings is 2. The van der Waals surface area contributed by atoms with E-state index in [1.807, 2.05) is 61.5 Å². The summed E-state index contributed by atoms with van der Waals surface area (Å²) in [5.41, 5.74) is 4.57. The van der Waals surface area contributed by atoms with Crippen LogP contribution in [0.3, 0.4) is 0 Å². The highest BCUT2D eigenvalue weighted by Crippen LogP contribution is 2.23. The first-order valence-corrected chi connectivity index (χ1v) is 10.9. The van der Waals surface area contributed by atoms with Crippen molar-refractivity contribution < 1.29 is 9.59 Å². The summed E-state index contributed by atoms with van der Waals surface area (Å²) in [6, 6.07) is 16.8. The van der Waals surface area contributed by atoms with E-state index < -0.39 is 0 Å². The minimum absolute atomic E-state index is 0.202. The summed E-state index contributed by atoms with van der Waals surface area (Å²) in [6.45, 7) is 2.54. The quantitative estimate of drug-likeness (QED) is 0.517. The molecule has 1 heterocycles. The number of carbonyl (C=O) groups excluding carboxylic acids is 2. The molecule has 0 bridgehead atoms. The molecule has 32 heavy (non-hydrogen) atoms. The third kappa shape index (κ3) is 6.17. The van der Waals surface area contributed by atoms with E-state index in [0.29, 0.717) is 23.4 Å². The lowest BCUT2D eigenvalue weighted by Gasteiger charge is -2.18. The Morgan fingerprint density at radius 1 is 0.969 bits per heavy atom. The zero-order valence-corrected chi connectivity index (χ0v) is 18.9. The number of rotatable bonds is 9. The predicted octanol–water partition coefficient (Wildman–Crippen LogP) is 4.67. The monoisotopic (exact) mass is 430 g/mol. The van der Waals surface area contributed by atoms with E-state index in [1.54, 1.807) is 24.5 Å². The van der Waals surface area contributed by atoms with Gasteiger partial charge >= 0.3 is 0 Å². The molecule has 0 aliphatic rings. The Labute approximate surface area is 189 Å². The van der Waals surface area contributed by atoms with Gasteiger partial charge < -0.3 is 15.5 Å². The average molecular weight is 431 g/mol. The molecule has 0 saturated carbocycles. The normalized spacial score (nSPS) is 10.5. The number of carbonyl (C=O) groups is 2. The number of hydrogen-bond acceptors (Lipinski definition) is 4. The molecule has 0 spiro atoms. The number of amides is 2. The number of nitrogens with zero attached hydrogens (tertiary/aromatic N) is 2. The van der Waals surface area contributed by atoms with Gasteiger partial charge in [-0.05, 0) is 60.4 Å². The van der Waals surface area contributed by atoms with Gasteiger partial charge in [0, 0.05) is 50.0 Å². The summed E-state index contributed by atoms with van der Waals surface area (Å²) in [4.78, 5) is 31.6. The fourth-order valence-corrected chi connectivity index (χ4v) is 3.37. The lowest BCUT2D eigenvalue weighted by Crippen LogP contribution is -2.25. The second-order valence-electron chi connectivity index (χ2n) is 7.92. The van der Waals surface area contributed by atoms with E-state index in [9.17, 15) is 9.59 Å². The molecule has 166 valence electrons. The summed E-state index contributed by atoms with van der Waals surface area (Å²) in [5.74, 6) is -0.416. The maximum Gasteiger partial charge on any atom is 0.255 e. The van der Waals surface area contributed by atoms with Crippen LogP contribution in [0.5, 0.6) is 0 Å². The van der Waals surface area contributed by atoms with Gasteiger partial charge in [0.2, 0.25) is 0 Å². The maximum atomic E-state index is 12.9. The lowest BCUT2D eigenvalue weighted by atomic mass is 10.1. The number of aromatic nitrogens is 1. The molecule has 6 nitrogen and oxygen atoms in total. The van der Waals surface area contributed by atoms with Crippen LogP contribution >= 0.6 is 0 Å². The first kappa shape index (κ1) is 23.0. The number of aryl methyl sites for hydroxylation is 1. The molecular weight excluding hydrogens is 400 g/mol. The Bertz CT molecular complexity index is 1050. The highest BCUT2D eigenvalue weighted by atomic mass is 16.2. The van der Waals surface area contributed by atoms with Crippen molar-refractivity contribution >= 4 is 23.2 Å². The summed E-state index contributed by atoms with van der Waals surface area (Å²) in [7, 11) is 3.76. The zero-order valence-electron chi connectivity index (χ0n) is 18.9. The Morgan fingerprint density at radius 3 is 2.41 bits per heavy atom. The van der Waals surface area contributed by atoms with Crippen LogP contribution in [0, 0.1) is 0 Å². The van der Waals surface area contributed by atoms with Crippen molar-refractivity contribution in [2.45, 2.75) is 32.7 Å². The van der Waals surface area contributed by atoms with Gasteiger partial charge in [-0.15, -0.1) is 0 Å². The van der Waals surface area contributed by atoms with E-state index in [0.717, 1.165) is 30.5 Å². The van der Waals surface area contributed by atoms with Gasteiger partial charge in [0.15, 0.2) is 0 Å². The number of unbranched alkanes of at least 4 members (excludes halogenated alkanes) is 1. The maximum absolute atomic E-state index is 12.9. The van der Waals surface area contributed by atoms with E-state index in [1.165, 1.54) is 5.56 Å². The third-order valence-corrected chi connectivity index (χ3v) is 5.19. The van der Waals surface area contributed by atoms with E-state index in [-0.39, 0.29) is 11.8 Å². The number of nitrogens with one attached hydrogen (secondary N) is 2. The highest BCUT2D eigenvalue weighted by molar-refractivity contribution is 6.06. The van der Waals surface area contributed by atoms with Crippen LogP contribution in [0.2, 0.25) is 0 Å². The van der Waals surface area contributed by atoms with Crippen LogP contribution in [0.25, 0.3) is 0 Å². The second-order valence-corrected chi connectivity index (χ2v) is 7.92. The molecule has 2 amide bonds. The van der Waals surface area contributed by atoms with E-state index in [2.05, 4.69) is 22.5 Å². The molecule has 0 unspecified atom stereocenters. The summed E-state index contributed by atoms with van der Waals surface area (Å²) in [5, 5.41) is 5.84. The van der Waals surface area contributed by atoms with Gasteiger partial charge in [-0.25, -0.2) is 0 Å². The molecule has 1 aromatic heterocycles. The van der Waals surface area contributed by atoms with Crippen LogP contribution in [0.1, 0.15) is 51.6 Å². The Kier molecular flexibility index (Phi) is 7.97. The largest absolute Gasteiger partial charge is 0.377 e. The van der Waals surface area contributed by atoms with Gasteiger partial charge in [0.05, 0.1) is 5.56 Å². The van der Waals surface area contributed by atoms with Crippen molar-refractivity contribution in [1.82, 2.24) is 10.3 Å². The first-order valence-electron chi connectivity index (χ1n) is 10.9. The van der Waals surface area contributed by atoms with Gasteiger partial charge in [0.1, 0.15) is 0 Å². The van der Waals surface area contributed by atoms with Crippen LogP contribution < -0.4 is 15.5 Å². The molecule has 0 aliphatic heterocycles. The Morgan fingerprint density at radius 2 is 1.75 bits per heavy atom. The molecule has 0 radical (unpaired) electrons. The van der Waals surface area contributed by atoms with E-state index >= 15 is 0 Å². The predicted molar refractivity (Wildman–Crippen MR) is 129 cm³/mol. The van der Waals surface area contributed by atoms with Gasteiger partial charge in [0.25, 0.3) is 11.8 Å². The fraction of sp³-hybridized carbons (Fsp3) is 0.269. The molecule has 3 aromatic rings. The molecule has 0 fully saturated rings. The smallest absolute Gasteiger partial charge is 0.255 e. The van der Waals surface area contributed by atoms with Crippen molar-refractivity contribution in [1.29, 1.82) is 0 Å². The van der Waals surface area contributed by atoms with Crippen LogP contribution in [-0.2, 0) is 13.0 Å². The highest BCUT2D eigenvalue weighted by Gasteiger charge is 2.15. The van der Waals surface area contributed by atoms with Crippen LogP contribution in [-0.4, -0.2) is 30.9 Å². The molecule has 0 atom stereocenters. The Balaban J connectivity index is 1.73. The van der Waals surface area contributed by atoms with Crippen molar-refractivity contribution in [2.24, 2.45) is 0 Å². The topological polar surface area (TPSA) is 74.3 Å². The second kappa shape index (κ2) is 11.1. The van der Waals surface area contributed by atoms with Crippen molar-refractivity contribution in [3.63, 3.8) is 0 Å². The number of pyridine rings is 1. The van der Waals surface area contributed by atoms with Crippen molar-refractivity contribution in [2.75, 3.05) is 24.3 Å². The van der Waals surface area contributed by atoms with Crippen LogP contribution in [0.15, 0.2) is 67.0 Å². The van der Waals surface area contributed by atoms with Crippen LogP contribution in [0.4, 0.5) is 11.4 Å². The number of hydrogen-bond donors (Lipinski definition) is 2. The molecular formula is C26H30N4O2. The SMILES string of the molecule is CCCCc1ccc(C(=O)Nc2ccc(N(C)C)c(C(=O)NCc3cccnc3)c2)cc1. The van der Waals surface area contributed by atoms with Gasteiger partial charge in [-0.2, -0.15) is 0 Å². The standard InChI is InChI=1S/C26H30N4O2/c1-4-5-7-19-9-11-21(12-10-19)25(31)29-22-13-14-24(30(2)3)23(16-22)26(32)28-18-20-8-6-15-27-17-20/h6,8-17H,4-5,7,18H2,1-3H3,(H,28,32)(H,29,31). The summed E-state index contributed by atoms with van der Waals surface area (Å²) < 4.78 is 0. The van der Waals surface area contributed by atoms with Gasteiger partial charge in [-0.1, -0.05) is 31.5 Å². The van der Waals surface area contributed by atoms with Crippen molar-refractivity contribution in [3.8, 4) is 0 Å². The first-order chi connectivity index (χ1) is 15.5. The molecule has 3 rings (SSSR count). The molecule has 6 heteroatoms. The molecule has 2 aromatic carbocycles. The summed E-state index contributed by atoms with van der Waals surface area (Å²) in [6.07, 6.45) is 6.71. The average Bonchev–Trinajstić information content (AvgIpc) is 2.82.